The Morgan fingerprint density at radius 3 is 2.69 bits per heavy atom. The third-order valence-electron chi connectivity index (χ3n) is 5.62. The van der Waals surface area contributed by atoms with Crippen LogP contribution in [0.2, 0.25) is 0 Å². The fourth-order valence-electron chi connectivity index (χ4n) is 4.11. The van der Waals surface area contributed by atoms with E-state index >= 15 is 0 Å². The van der Waals surface area contributed by atoms with Crippen molar-refractivity contribution in [3.05, 3.63) is 23.9 Å². The van der Waals surface area contributed by atoms with E-state index in [0.717, 1.165) is 25.9 Å². The number of amides is 1. The molecule has 2 N–H and O–H groups in total. The van der Waals surface area contributed by atoms with E-state index in [1.54, 1.807) is 18.3 Å². The number of aliphatic carboxylic acids is 1. The molecule has 0 bridgehead atoms. The highest BCUT2D eigenvalue weighted by atomic mass is 16.4. The monoisotopic (exact) mass is 361 g/mol. The van der Waals surface area contributed by atoms with E-state index in [4.69, 9.17) is 0 Å². The number of carboxylic acid groups (broad SMARTS) is 1. The molecule has 0 aromatic carbocycles. The lowest BCUT2D eigenvalue weighted by molar-refractivity contribution is -0.158. The number of hydrogen-bond donors (Lipinski definition) is 2. The van der Waals surface area contributed by atoms with Gasteiger partial charge < -0.3 is 20.0 Å². The smallest absolute Gasteiger partial charge is 0.314 e. The van der Waals surface area contributed by atoms with Crippen molar-refractivity contribution < 1.29 is 19.8 Å². The summed E-state index contributed by atoms with van der Waals surface area (Å²) < 4.78 is 0. The van der Waals surface area contributed by atoms with Gasteiger partial charge in [0.2, 0.25) is 0 Å². The van der Waals surface area contributed by atoms with Crippen LogP contribution in [0.5, 0.6) is 0 Å². The molecule has 26 heavy (non-hydrogen) atoms. The third-order valence-corrected chi connectivity index (χ3v) is 5.62. The molecule has 0 saturated carbocycles. The van der Waals surface area contributed by atoms with E-state index < -0.39 is 17.5 Å². The van der Waals surface area contributed by atoms with Gasteiger partial charge in [0.1, 0.15) is 11.2 Å². The number of hydrogen-bond acceptors (Lipinski definition) is 5. The predicted molar refractivity (Wildman–Crippen MR) is 97.2 cm³/mol. The Hall–Kier alpha value is -2.15. The van der Waals surface area contributed by atoms with Crippen molar-refractivity contribution in [2.24, 2.45) is 5.41 Å². The second-order valence-electron chi connectivity index (χ2n) is 7.34. The van der Waals surface area contributed by atoms with Crippen LogP contribution >= 0.6 is 0 Å². The van der Waals surface area contributed by atoms with Gasteiger partial charge >= 0.3 is 5.97 Å². The molecule has 3 heterocycles. The van der Waals surface area contributed by atoms with Crippen LogP contribution in [-0.2, 0) is 4.79 Å². The molecule has 1 amide bonds. The van der Waals surface area contributed by atoms with E-state index in [-0.39, 0.29) is 12.5 Å². The number of likely N-dealkylation sites (tertiary alicyclic amines) is 1. The van der Waals surface area contributed by atoms with Gasteiger partial charge in [-0.1, -0.05) is 13.3 Å². The maximum absolute atomic E-state index is 12.6. The van der Waals surface area contributed by atoms with E-state index in [0.29, 0.717) is 37.2 Å². The molecule has 2 aliphatic heterocycles. The number of carbonyl (C=O) groups excluding carboxylic acids is 1. The van der Waals surface area contributed by atoms with Crippen LogP contribution in [0.4, 0.5) is 5.82 Å². The SMILES string of the molecule is CCC[C@@]1(C(=O)O)CN(c2cc(C(=O)N3CCCC3)ccn2)CC[C@H]1O. The summed E-state index contributed by atoms with van der Waals surface area (Å²) in [5.41, 5.74) is -0.608. The Bertz CT molecular complexity index is 675. The van der Waals surface area contributed by atoms with Gasteiger partial charge in [0.25, 0.3) is 5.91 Å². The van der Waals surface area contributed by atoms with E-state index in [1.807, 2.05) is 16.7 Å². The molecule has 7 heteroatoms. The molecule has 0 radical (unpaired) electrons. The van der Waals surface area contributed by atoms with Crippen molar-refractivity contribution in [1.29, 1.82) is 0 Å². The summed E-state index contributed by atoms with van der Waals surface area (Å²) in [5, 5.41) is 20.2. The second kappa shape index (κ2) is 7.61. The van der Waals surface area contributed by atoms with Crippen molar-refractivity contribution in [3.8, 4) is 0 Å². The Labute approximate surface area is 153 Å². The zero-order chi connectivity index (χ0) is 18.7. The molecular weight excluding hydrogens is 334 g/mol. The van der Waals surface area contributed by atoms with Crippen LogP contribution in [0, 0.1) is 5.41 Å². The number of aromatic nitrogens is 1. The van der Waals surface area contributed by atoms with Gasteiger partial charge in [-0.25, -0.2) is 4.98 Å². The average Bonchev–Trinajstić information content (AvgIpc) is 3.17. The molecule has 3 rings (SSSR count). The maximum atomic E-state index is 12.6. The van der Waals surface area contributed by atoms with Gasteiger partial charge in [0.05, 0.1) is 6.10 Å². The lowest BCUT2D eigenvalue weighted by atomic mass is 9.74. The molecule has 0 aliphatic carbocycles. The Balaban J connectivity index is 1.83. The highest BCUT2D eigenvalue weighted by Crippen LogP contribution is 2.37. The molecule has 0 unspecified atom stereocenters. The lowest BCUT2D eigenvalue weighted by Crippen LogP contribution is -2.56. The van der Waals surface area contributed by atoms with Crippen molar-refractivity contribution in [3.63, 3.8) is 0 Å². The number of anilines is 1. The molecule has 142 valence electrons. The Morgan fingerprint density at radius 1 is 1.31 bits per heavy atom. The Morgan fingerprint density at radius 2 is 2.04 bits per heavy atom. The number of carboxylic acids is 1. The first-order chi connectivity index (χ1) is 12.5. The number of pyridine rings is 1. The number of piperidine rings is 1. The van der Waals surface area contributed by atoms with Crippen LogP contribution in [0.1, 0.15) is 49.4 Å². The van der Waals surface area contributed by atoms with Gasteiger partial charge in [-0.05, 0) is 37.8 Å². The molecule has 1 aromatic heterocycles. The summed E-state index contributed by atoms with van der Waals surface area (Å²) in [6.07, 6.45) is 4.26. The summed E-state index contributed by atoms with van der Waals surface area (Å²) in [4.78, 5) is 32.6. The number of rotatable bonds is 5. The van der Waals surface area contributed by atoms with Gasteiger partial charge in [0.15, 0.2) is 0 Å². The number of nitrogens with zero attached hydrogens (tertiary/aromatic N) is 3. The molecule has 2 saturated heterocycles. The summed E-state index contributed by atoms with van der Waals surface area (Å²) in [5.74, 6) is -0.370. The number of carbonyl (C=O) groups is 2. The largest absolute Gasteiger partial charge is 0.481 e. The summed E-state index contributed by atoms with van der Waals surface area (Å²) >= 11 is 0. The molecule has 7 nitrogen and oxygen atoms in total. The zero-order valence-corrected chi connectivity index (χ0v) is 15.2. The van der Waals surface area contributed by atoms with E-state index in [2.05, 4.69) is 4.98 Å². The maximum Gasteiger partial charge on any atom is 0.314 e. The first-order valence-corrected chi connectivity index (χ1v) is 9.39. The summed E-state index contributed by atoms with van der Waals surface area (Å²) in [7, 11) is 0. The highest BCUT2D eigenvalue weighted by molar-refractivity contribution is 5.95. The van der Waals surface area contributed by atoms with Crippen LogP contribution in [0.25, 0.3) is 0 Å². The van der Waals surface area contributed by atoms with Gasteiger partial charge in [-0.3, -0.25) is 9.59 Å². The molecule has 2 fully saturated rings. The lowest BCUT2D eigenvalue weighted by Gasteiger charge is -2.43. The fraction of sp³-hybridized carbons (Fsp3) is 0.632. The van der Waals surface area contributed by atoms with Crippen molar-refractivity contribution >= 4 is 17.7 Å². The van der Waals surface area contributed by atoms with E-state index in [1.165, 1.54) is 0 Å². The summed E-state index contributed by atoms with van der Waals surface area (Å²) in [6.45, 7) is 4.21. The van der Waals surface area contributed by atoms with E-state index in [9.17, 15) is 19.8 Å². The van der Waals surface area contributed by atoms with Crippen LogP contribution < -0.4 is 4.90 Å². The standard InChI is InChI=1S/C19H27N3O4/c1-2-7-19(18(25)26)13-22(11-6-15(19)23)16-12-14(5-8-20-16)17(24)21-9-3-4-10-21/h5,8,12,15,23H,2-4,6-7,9-11,13H2,1H3,(H,25,26)/t15-,19-/m1/s1. The van der Waals surface area contributed by atoms with Gasteiger partial charge in [0, 0.05) is 37.9 Å². The molecule has 1 aromatic rings. The molecular formula is C19H27N3O4. The molecule has 0 spiro atoms. The molecule has 2 atom stereocenters. The third kappa shape index (κ3) is 3.40. The second-order valence-corrected chi connectivity index (χ2v) is 7.34. The zero-order valence-electron chi connectivity index (χ0n) is 15.2. The van der Waals surface area contributed by atoms with Crippen molar-refractivity contribution in [2.45, 2.75) is 45.1 Å². The van der Waals surface area contributed by atoms with Gasteiger partial charge in [-0.2, -0.15) is 0 Å². The highest BCUT2D eigenvalue weighted by Gasteiger charge is 2.48. The topological polar surface area (TPSA) is 94.0 Å². The van der Waals surface area contributed by atoms with Crippen molar-refractivity contribution in [1.82, 2.24) is 9.88 Å². The summed E-state index contributed by atoms with van der Waals surface area (Å²) in [6, 6.07) is 3.45. The first kappa shape index (κ1) is 18.6. The number of aliphatic hydroxyl groups excluding tert-OH is 1. The Kier molecular flexibility index (Phi) is 5.46. The molecule has 2 aliphatic rings. The van der Waals surface area contributed by atoms with Crippen LogP contribution in [-0.4, -0.2) is 64.3 Å². The van der Waals surface area contributed by atoms with Crippen molar-refractivity contribution in [2.75, 3.05) is 31.1 Å². The normalized spacial score (nSPS) is 26.2. The first-order valence-electron chi connectivity index (χ1n) is 9.39. The van der Waals surface area contributed by atoms with Crippen LogP contribution in [0.15, 0.2) is 18.3 Å². The number of aliphatic hydroxyl groups is 1. The predicted octanol–water partition coefficient (Wildman–Crippen LogP) is 1.76. The van der Waals surface area contributed by atoms with Gasteiger partial charge in [-0.15, -0.1) is 0 Å². The fourth-order valence-corrected chi connectivity index (χ4v) is 4.11. The minimum Gasteiger partial charge on any atom is -0.481 e. The minimum atomic E-state index is -1.19. The quantitative estimate of drug-likeness (QED) is 0.830. The average molecular weight is 361 g/mol. The minimum absolute atomic E-state index is 0.00116. The van der Waals surface area contributed by atoms with Crippen LogP contribution in [0.3, 0.4) is 0 Å².